The van der Waals surface area contributed by atoms with Crippen molar-refractivity contribution in [2.45, 2.75) is 6.54 Å². The van der Waals surface area contributed by atoms with Gasteiger partial charge < -0.3 is 10.6 Å². The molecule has 0 aliphatic carbocycles. The highest BCUT2D eigenvalue weighted by Gasteiger charge is 2.06. The molecule has 16 heavy (non-hydrogen) atoms. The molecule has 0 aliphatic heterocycles. The van der Waals surface area contributed by atoms with E-state index < -0.39 is 0 Å². The van der Waals surface area contributed by atoms with Gasteiger partial charge >= 0.3 is 0 Å². The summed E-state index contributed by atoms with van der Waals surface area (Å²) in [4.78, 5) is 10.3. The average Bonchev–Trinajstić information content (AvgIpc) is 2.65. The molecular weight excluding hydrogens is 288 g/mol. The molecule has 0 radical (unpaired) electrons. The molecule has 2 rings (SSSR count). The summed E-state index contributed by atoms with van der Waals surface area (Å²) >= 11 is 5.11. The zero-order valence-corrected chi connectivity index (χ0v) is 11.1. The molecule has 0 atom stereocenters. The Balaban J connectivity index is 2.08. The van der Waals surface area contributed by atoms with E-state index in [1.165, 1.54) is 5.56 Å². The maximum atomic E-state index is 5.53. The molecule has 0 bridgehead atoms. The summed E-state index contributed by atoms with van der Waals surface area (Å²) in [6.45, 7) is 0.784. The molecule has 4 nitrogen and oxygen atoms in total. The van der Waals surface area contributed by atoms with E-state index in [2.05, 4.69) is 37.3 Å². The highest BCUT2D eigenvalue weighted by atomic mass is 79.9. The van der Waals surface area contributed by atoms with Crippen LogP contribution in [0.4, 0.5) is 11.6 Å². The zero-order valence-electron chi connectivity index (χ0n) is 8.72. The minimum atomic E-state index is 0.579. The van der Waals surface area contributed by atoms with Crippen molar-refractivity contribution in [1.29, 1.82) is 0 Å². The number of aromatic nitrogens is 2. The number of halogens is 1. The highest BCUT2D eigenvalue weighted by molar-refractivity contribution is 9.11. The van der Waals surface area contributed by atoms with Crippen molar-refractivity contribution in [3.63, 3.8) is 0 Å². The van der Waals surface area contributed by atoms with E-state index in [-0.39, 0.29) is 0 Å². The van der Waals surface area contributed by atoms with Crippen molar-refractivity contribution in [1.82, 2.24) is 9.97 Å². The molecule has 2 N–H and O–H groups in total. The number of nitrogen functional groups attached to an aromatic ring is 1. The Labute approximate surface area is 106 Å². The summed E-state index contributed by atoms with van der Waals surface area (Å²) in [5.74, 6) is 0.677. The van der Waals surface area contributed by atoms with Gasteiger partial charge in [-0.15, -0.1) is 11.3 Å². The first-order chi connectivity index (χ1) is 7.65. The Morgan fingerprint density at radius 1 is 1.44 bits per heavy atom. The average molecular weight is 299 g/mol. The number of hydrogen-bond acceptors (Lipinski definition) is 5. The number of nitrogens with two attached hydrogens (primary N) is 1. The van der Waals surface area contributed by atoms with Crippen molar-refractivity contribution < 1.29 is 0 Å². The molecule has 84 valence electrons. The number of nitrogens with zero attached hydrogens (tertiary/aromatic N) is 3. The Bertz CT molecular complexity index is 468. The van der Waals surface area contributed by atoms with Gasteiger partial charge in [-0.1, -0.05) is 0 Å². The molecule has 2 aromatic heterocycles. The standard InChI is InChI=1S/C10H11BrN4S/c1-15(5-7-2-9(11)16-6-7)10-13-3-8(12)4-14-10/h2-4,6H,5,12H2,1H3. The van der Waals surface area contributed by atoms with Crippen LogP contribution in [0.2, 0.25) is 0 Å². The van der Waals surface area contributed by atoms with E-state index in [4.69, 9.17) is 5.73 Å². The molecule has 0 aliphatic rings. The molecule has 0 unspecified atom stereocenters. The lowest BCUT2D eigenvalue weighted by Crippen LogP contribution is -2.18. The summed E-state index contributed by atoms with van der Waals surface area (Å²) < 4.78 is 1.13. The normalized spacial score (nSPS) is 10.4. The van der Waals surface area contributed by atoms with Crippen LogP contribution in [-0.2, 0) is 6.54 Å². The van der Waals surface area contributed by atoms with Crippen LogP contribution >= 0.6 is 27.3 Å². The van der Waals surface area contributed by atoms with Crippen molar-refractivity contribution >= 4 is 38.9 Å². The minimum Gasteiger partial charge on any atom is -0.396 e. The van der Waals surface area contributed by atoms with Gasteiger partial charge in [0.15, 0.2) is 0 Å². The predicted octanol–water partition coefficient (Wildman–Crippen LogP) is 2.52. The van der Waals surface area contributed by atoms with Gasteiger partial charge in [0, 0.05) is 13.6 Å². The third kappa shape index (κ3) is 2.70. The van der Waals surface area contributed by atoms with Crippen LogP contribution in [0.25, 0.3) is 0 Å². The van der Waals surface area contributed by atoms with Gasteiger partial charge in [0.05, 0.1) is 21.9 Å². The number of hydrogen-bond donors (Lipinski definition) is 1. The second-order valence-electron chi connectivity index (χ2n) is 3.43. The van der Waals surface area contributed by atoms with Gasteiger partial charge in [-0.3, -0.25) is 0 Å². The Hall–Kier alpha value is -1.14. The van der Waals surface area contributed by atoms with E-state index in [9.17, 15) is 0 Å². The number of rotatable bonds is 3. The molecule has 0 spiro atoms. The SMILES string of the molecule is CN(Cc1csc(Br)c1)c1ncc(N)cn1. The van der Waals surface area contributed by atoms with Crippen LogP contribution in [-0.4, -0.2) is 17.0 Å². The third-order valence-electron chi connectivity index (χ3n) is 2.04. The monoisotopic (exact) mass is 298 g/mol. The molecule has 0 aromatic carbocycles. The van der Waals surface area contributed by atoms with Gasteiger partial charge in [0.2, 0.25) is 5.95 Å². The van der Waals surface area contributed by atoms with E-state index in [0.717, 1.165) is 10.3 Å². The summed E-state index contributed by atoms with van der Waals surface area (Å²) in [6.07, 6.45) is 3.23. The number of anilines is 2. The van der Waals surface area contributed by atoms with E-state index in [1.807, 2.05) is 11.9 Å². The third-order valence-corrected chi connectivity index (χ3v) is 3.59. The first-order valence-electron chi connectivity index (χ1n) is 4.67. The molecule has 2 heterocycles. The molecule has 2 aromatic rings. The summed E-state index contributed by atoms with van der Waals surface area (Å²) in [5.41, 5.74) is 7.35. The van der Waals surface area contributed by atoms with Crippen LogP contribution in [0.1, 0.15) is 5.56 Å². The first-order valence-corrected chi connectivity index (χ1v) is 6.34. The molecule has 0 saturated carbocycles. The Morgan fingerprint density at radius 2 is 2.12 bits per heavy atom. The molecule has 0 fully saturated rings. The lowest BCUT2D eigenvalue weighted by molar-refractivity contribution is 0.870. The fraction of sp³-hybridized carbons (Fsp3) is 0.200. The second-order valence-corrected chi connectivity index (χ2v) is 5.72. The van der Waals surface area contributed by atoms with Crippen molar-refractivity contribution in [3.05, 3.63) is 33.2 Å². The lowest BCUT2D eigenvalue weighted by Gasteiger charge is -2.15. The van der Waals surface area contributed by atoms with Crippen LogP contribution in [0, 0.1) is 0 Å². The summed E-state index contributed by atoms with van der Waals surface area (Å²) in [6, 6.07) is 2.10. The molecule has 6 heteroatoms. The van der Waals surface area contributed by atoms with E-state index >= 15 is 0 Å². The van der Waals surface area contributed by atoms with Crippen LogP contribution in [0.3, 0.4) is 0 Å². The van der Waals surface area contributed by atoms with Gasteiger partial charge in [-0.05, 0) is 32.9 Å². The topological polar surface area (TPSA) is 55.0 Å². The van der Waals surface area contributed by atoms with Crippen LogP contribution < -0.4 is 10.6 Å². The van der Waals surface area contributed by atoms with Gasteiger partial charge in [0.1, 0.15) is 0 Å². The van der Waals surface area contributed by atoms with Crippen LogP contribution in [0.5, 0.6) is 0 Å². The predicted molar refractivity (Wildman–Crippen MR) is 70.6 cm³/mol. The maximum absolute atomic E-state index is 5.53. The summed E-state index contributed by atoms with van der Waals surface area (Å²) in [5, 5.41) is 2.11. The highest BCUT2D eigenvalue weighted by Crippen LogP contribution is 2.22. The van der Waals surface area contributed by atoms with Gasteiger partial charge in [-0.2, -0.15) is 0 Å². The first kappa shape index (κ1) is 11.3. The smallest absolute Gasteiger partial charge is 0.225 e. The molecule has 0 amide bonds. The Morgan fingerprint density at radius 3 is 2.69 bits per heavy atom. The fourth-order valence-corrected chi connectivity index (χ4v) is 2.50. The van der Waals surface area contributed by atoms with Crippen molar-refractivity contribution in [2.24, 2.45) is 0 Å². The zero-order chi connectivity index (χ0) is 11.5. The second kappa shape index (κ2) is 4.80. The van der Waals surface area contributed by atoms with Crippen LogP contribution in [0.15, 0.2) is 27.6 Å². The number of thiophene rings is 1. The largest absolute Gasteiger partial charge is 0.396 e. The van der Waals surface area contributed by atoms with E-state index in [0.29, 0.717) is 11.6 Å². The molecular formula is C10H11BrN4S. The van der Waals surface area contributed by atoms with E-state index in [1.54, 1.807) is 23.7 Å². The van der Waals surface area contributed by atoms with Crippen molar-refractivity contribution in [2.75, 3.05) is 17.7 Å². The van der Waals surface area contributed by atoms with Gasteiger partial charge in [0.25, 0.3) is 0 Å². The van der Waals surface area contributed by atoms with Gasteiger partial charge in [-0.25, -0.2) is 9.97 Å². The fourth-order valence-electron chi connectivity index (χ4n) is 1.30. The van der Waals surface area contributed by atoms with Crippen molar-refractivity contribution in [3.8, 4) is 0 Å². The summed E-state index contributed by atoms with van der Waals surface area (Å²) in [7, 11) is 1.96. The maximum Gasteiger partial charge on any atom is 0.225 e. The Kier molecular flexibility index (Phi) is 3.40. The minimum absolute atomic E-state index is 0.579. The quantitative estimate of drug-likeness (QED) is 0.946. The molecule has 0 saturated heterocycles. The lowest BCUT2D eigenvalue weighted by atomic mass is 10.3.